The topological polar surface area (TPSA) is 77.2 Å². The van der Waals surface area contributed by atoms with E-state index in [2.05, 4.69) is 10.3 Å². The van der Waals surface area contributed by atoms with Crippen LogP contribution in [0.25, 0.3) is 0 Å². The van der Waals surface area contributed by atoms with Crippen LogP contribution in [0, 0.1) is 0 Å². The molecule has 0 spiro atoms. The number of hydrogen-bond acceptors (Lipinski definition) is 4. The van der Waals surface area contributed by atoms with Crippen LogP contribution in [-0.2, 0) is 16.0 Å². The fourth-order valence-corrected chi connectivity index (χ4v) is 1.30. The summed E-state index contributed by atoms with van der Waals surface area (Å²) in [6, 6.07) is 3.84. The summed E-state index contributed by atoms with van der Waals surface area (Å²) in [5, 5.41) is 2.77. The highest BCUT2D eigenvalue weighted by atomic mass is 16.5. The molecule has 5 nitrogen and oxygen atoms in total. The van der Waals surface area contributed by atoms with Crippen LogP contribution in [-0.4, -0.2) is 37.2 Å². The number of rotatable bonds is 6. The molecule has 0 aromatic carbocycles. The fourth-order valence-electron chi connectivity index (χ4n) is 1.30. The first-order valence-corrected chi connectivity index (χ1v) is 5.17. The third-order valence-corrected chi connectivity index (χ3v) is 2.25. The number of pyridine rings is 1. The number of nitrogens with one attached hydrogen (secondary N) is 1. The molecule has 0 aliphatic rings. The summed E-state index contributed by atoms with van der Waals surface area (Å²) < 4.78 is 4.92. The van der Waals surface area contributed by atoms with Gasteiger partial charge in [-0.25, -0.2) is 0 Å². The van der Waals surface area contributed by atoms with Crippen molar-refractivity contribution in [1.29, 1.82) is 0 Å². The zero-order chi connectivity index (χ0) is 11.8. The number of nitrogens with two attached hydrogens (primary N) is 1. The number of hydrogen-bond donors (Lipinski definition) is 2. The normalized spacial score (nSPS) is 12.1. The molecule has 1 rings (SSSR count). The number of nitrogens with zero attached hydrogens (tertiary/aromatic N) is 1. The van der Waals surface area contributed by atoms with Crippen LogP contribution in [0.5, 0.6) is 0 Å². The van der Waals surface area contributed by atoms with Gasteiger partial charge >= 0.3 is 0 Å². The predicted octanol–water partition coefficient (Wildman–Crippen LogP) is -0.286. The molecule has 1 aromatic heterocycles. The van der Waals surface area contributed by atoms with Gasteiger partial charge in [-0.2, -0.15) is 0 Å². The lowest BCUT2D eigenvalue weighted by molar-refractivity contribution is -0.130. The van der Waals surface area contributed by atoms with Crippen LogP contribution in [0.1, 0.15) is 5.56 Å². The molecule has 1 aromatic rings. The maximum atomic E-state index is 11.5. The molecule has 16 heavy (non-hydrogen) atoms. The first-order chi connectivity index (χ1) is 7.77. The van der Waals surface area contributed by atoms with Crippen molar-refractivity contribution in [3.63, 3.8) is 0 Å². The van der Waals surface area contributed by atoms with Crippen molar-refractivity contribution in [3.05, 3.63) is 30.1 Å². The minimum Gasteiger partial charge on any atom is -0.370 e. The number of methoxy groups -OCH3 is 1. The van der Waals surface area contributed by atoms with Gasteiger partial charge in [0.05, 0.1) is 0 Å². The van der Waals surface area contributed by atoms with Crippen molar-refractivity contribution < 1.29 is 9.53 Å². The van der Waals surface area contributed by atoms with Crippen LogP contribution < -0.4 is 11.1 Å². The van der Waals surface area contributed by atoms with Gasteiger partial charge in [-0.05, 0) is 24.1 Å². The van der Waals surface area contributed by atoms with Crippen LogP contribution in [0.2, 0.25) is 0 Å². The maximum Gasteiger partial charge on any atom is 0.250 e. The smallest absolute Gasteiger partial charge is 0.250 e. The molecular formula is C11H17N3O2. The molecular weight excluding hydrogens is 206 g/mol. The molecule has 1 heterocycles. The fraction of sp³-hybridized carbons (Fsp3) is 0.455. The van der Waals surface area contributed by atoms with Crippen LogP contribution >= 0.6 is 0 Å². The van der Waals surface area contributed by atoms with E-state index >= 15 is 0 Å². The van der Waals surface area contributed by atoms with Gasteiger partial charge in [0.2, 0.25) is 5.91 Å². The third kappa shape index (κ3) is 3.96. The van der Waals surface area contributed by atoms with E-state index in [-0.39, 0.29) is 12.5 Å². The van der Waals surface area contributed by atoms with E-state index in [1.165, 1.54) is 7.11 Å². The van der Waals surface area contributed by atoms with Gasteiger partial charge in [0.15, 0.2) is 0 Å². The molecule has 5 heteroatoms. The largest absolute Gasteiger partial charge is 0.370 e. The molecule has 1 unspecified atom stereocenters. The number of amides is 1. The summed E-state index contributed by atoms with van der Waals surface area (Å²) >= 11 is 0. The Bertz CT molecular complexity index is 312. The predicted molar refractivity (Wildman–Crippen MR) is 60.8 cm³/mol. The highest BCUT2D eigenvalue weighted by molar-refractivity contribution is 5.80. The van der Waals surface area contributed by atoms with Gasteiger partial charge < -0.3 is 15.8 Å². The lowest BCUT2D eigenvalue weighted by Crippen LogP contribution is -2.41. The first-order valence-electron chi connectivity index (χ1n) is 5.17. The van der Waals surface area contributed by atoms with Gasteiger partial charge in [-0.1, -0.05) is 0 Å². The highest BCUT2D eigenvalue weighted by Crippen LogP contribution is 1.96. The molecule has 0 aliphatic carbocycles. The van der Waals surface area contributed by atoms with Crippen molar-refractivity contribution in [2.75, 3.05) is 20.2 Å². The van der Waals surface area contributed by atoms with Crippen molar-refractivity contribution in [2.45, 2.75) is 12.5 Å². The molecule has 1 amide bonds. The second-order valence-electron chi connectivity index (χ2n) is 3.36. The van der Waals surface area contributed by atoms with E-state index in [1.54, 1.807) is 12.4 Å². The molecule has 0 saturated heterocycles. The molecule has 88 valence electrons. The standard InChI is InChI=1S/C11H17N3O2/c1-16-10(8-12)11(15)14-7-4-9-2-5-13-6-3-9/h2-3,5-6,10H,4,7-8,12H2,1H3,(H,14,15). The summed E-state index contributed by atoms with van der Waals surface area (Å²) in [7, 11) is 1.47. The van der Waals surface area contributed by atoms with Gasteiger partial charge in [0.1, 0.15) is 6.10 Å². The van der Waals surface area contributed by atoms with E-state index in [9.17, 15) is 4.79 Å². The Morgan fingerprint density at radius 3 is 2.81 bits per heavy atom. The molecule has 3 N–H and O–H groups in total. The first kappa shape index (κ1) is 12.6. The second kappa shape index (κ2) is 6.92. The van der Waals surface area contributed by atoms with Crippen molar-refractivity contribution in [1.82, 2.24) is 10.3 Å². The minimum absolute atomic E-state index is 0.168. The Kier molecular flexibility index (Phi) is 5.45. The second-order valence-corrected chi connectivity index (χ2v) is 3.36. The van der Waals surface area contributed by atoms with Gasteiger partial charge in [-0.3, -0.25) is 9.78 Å². The molecule has 0 fully saturated rings. The van der Waals surface area contributed by atoms with Crippen molar-refractivity contribution in [3.8, 4) is 0 Å². The summed E-state index contributed by atoms with van der Waals surface area (Å²) in [6.45, 7) is 0.764. The Balaban J connectivity index is 2.28. The van der Waals surface area contributed by atoms with Crippen molar-refractivity contribution in [2.24, 2.45) is 5.73 Å². The van der Waals surface area contributed by atoms with E-state index < -0.39 is 6.10 Å². The monoisotopic (exact) mass is 223 g/mol. The Hall–Kier alpha value is -1.46. The third-order valence-electron chi connectivity index (χ3n) is 2.25. The summed E-state index contributed by atoms with van der Waals surface area (Å²) in [5.41, 5.74) is 6.51. The molecule has 0 aliphatic heterocycles. The van der Waals surface area contributed by atoms with Gasteiger partial charge in [0.25, 0.3) is 0 Å². The van der Waals surface area contributed by atoms with E-state index in [0.29, 0.717) is 6.54 Å². The SMILES string of the molecule is COC(CN)C(=O)NCCc1ccncc1. The molecule has 1 atom stereocenters. The van der Waals surface area contributed by atoms with Crippen LogP contribution in [0.15, 0.2) is 24.5 Å². The number of carbonyl (C=O) groups is 1. The average Bonchev–Trinajstić information content (AvgIpc) is 2.32. The summed E-state index contributed by atoms with van der Waals surface area (Å²) in [6.07, 6.45) is 3.68. The minimum atomic E-state index is -0.558. The lowest BCUT2D eigenvalue weighted by atomic mass is 10.2. The number of aromatic nitrogens is 1. The quantitative estimate of drug-likeness (QED) is 0.695. The van der Waals surface area contributed by atoms with E-state index in [0.717, 1.165) is 12.0 Å². The van der Waals surface area contributed by atoms with Crippen molar-refractivity contribution >= 4 is 5.91 Å². The Labute approximate surface area is 95.0 Å². The molecule has 0 bridgehead atoms. The molecule has 0 radical (unpaired) electrons. The van der Waals surface area contributed by atoms with Gasteiger partial charge in [0, 0.05) is 32.6 Å². The average molecular weight is 223 g/mol. The lowest BCUT2D eigenvalue weighted by Gasteiger charge is -2.12. The number of ether oxygens (including phenoxy) is 1. The Morgan fingerprint density at radius 2 is 2.25 bits per heavy atom. The zero-order valence-corrected chi connectivity index (χ0v) is 9.35. The van der Waals surface area contributed by atoms with Crippen LogP contribution in [0.4, 0.5) is 0 Å². The molecule has 0 saturated carbocycles. The summed E-state index contributed by atoms with van der Waals surface area (Å²) in [5.74, 6) is -0.168. The zero-order valence-electron chi connectivity index (χ0n) is 9.35. The Morgan fingerprint density at radius 1 is 1.56 bits per heavy atom. The highest BCUT2D eigenvalue weighted by Gasteiger charge is 2.14. The number of carbonyl (C=O) groups excluding carboxylic acids is 1. The summed E-state index contributed by atoms with van der Waals surface area (Å²) in [4.78, 5) is 15.4. The van der Waals surface area contributed by atoms with E-state index in [1.807, 2.05) is 12.1 Å². The maximum absolute atomic E-state index is 11.5. The van der Waals surface area contributed by atoms with E-state index in [4.69, 9.17) is 10.5 Å². The van der Waals surface area contributed by atoms with Crippen LogP contribution in [0.3, 0.4) is 0 Å². The van der Waals surface area contributed by atoms with Gasteiger partial charge in [-0.15, -0.1) is 0 Å².